The highest BCUT2D eigenvalue weighted by Gasteiger charge is 2.42. The molecule has 116 valence electrons. The summed E-state index contributed by atoms with van der Waals surface area (Å²) in [6.07, 6.45) is -4.17. The fraction of sp³-hybridized carbons (Fsp3) is 0.833. The lowest BCUT2D eigenvalue weighted by molar-refractivity contribution is -0.180. The van der Waals surface area contributed by atoms with Crippen LogP contribution in [-0.4, -0.2) is 55.6 Å². The van der Waals surface area contributed by atoms with Crippen LogP contribution in [-0.2, 0) is 9.59 Å². The van der Waals surface area contributed by atoms with Crippen LogP contribution in [0.5, 0.6) is 0 Å². The van der Waals surface area contributed by atoms with Gasteiger partial charge in [0, 0.05) is 20.1 Å². The zero-order valence-corrected chi connectivity index (χ0v) is 11.6. The zero-order valence-electron chi connectivity index (χ0n) is 11.6. The molecule has 1 rings (SSSR count). The number of hydrogen-bond acceptors (Lipinski definition) is 3. The maximum absolute atomic E-state index is 12.5. The van der Waals surface area contributed by atoms with Gasteiger partial charge in [0.05, 0.1) is 18.5 Å². The van der Waals surface area contributed by atoms with Gasteiger partial charge in [0.15, 0.2) is 0 Å². The fourth-order valence-electron chi connectivity index (χ4n) is 2.16. The first-order valence-electron chi connectivity index (χ1n) is 6.57. The Morgan fingerprint density at radius 2 is 2.00 bits per heavy atom. The Bertz CT molecular complexity index is 352. The van der Waals surface area contributed by atoms with Crippen molar-refractivity contribution in [1.29, 1.82) is 0 Å². The topological polar surface area (TPSA) is 61.4 Å². The van der Waals surface area contributed by atoms with Crippen molar-refractivity contribution in [2.24, 2.45) is 5.92 Å². The van der Waals surface area contributed by atoms with Crippen molar-refractivity contribution in [3.63, 3.8) is 0 Å². The standard InChI is InChI=1S/C12H20F3N3O2/c1-3-16-10(19)7-18(2)11(20)9-5-4-8(6-17-9)12(13,14)15/h8-9,17H,3-7H2,1-2H3,(H,16,19). The molecule has 0 aromatic heterocycles. The van der Waals surface area contributed by atoms with Gasteiger partial charge in [0.1, 0.15) is 0 Å². The van der Waals surface area contributed by atoms with Gasteiger partial charge in [0.2, 0.25) is 11.8 Å². The molecule has 1 heterocycles. The normalized spacial score (nSPS) is 23.2. The Morgan fingerprint density at radius 1 is 1.35 bits per heavy atom. The molecular formula is C12H20F3N3O2. The first kappa shape index (κ1) is 16.7. The van der Waals surface area contributed by atoms with Gasteiger partial charge in [-0.1, -0.05) is 0 Å². The van der Waals surface area contributed by atoms with E-state index in [1.165, 1.54) is 11.9 Å². The lowest BCUT2D eigenvalue weighted by Crippen LogP contribution is -2.53. The Balaban J connectivity index is 2.44. The van der Waals surface area contributed by atoms with Crippen LogP contribution in [0.1, 0.15) is 19.8 Å². The minimum absolute atomic E-state index is 0.0676. The van der Waals surface area contributed by atoms with Crippen molar-refractivity contribution in [1.82, 2.24) is 15.5 Å². The van der Waals surface area contributed by atoms with E-state index in [2.05, 4.69) is 10.6 Å². The molecule has 0 aromatic carbocycles. The number of halogens is 3. The van der Waals surface area contributed by atoms with E-state index in [-0.39, 0.29) is 37.7 Å². The Morgan fingerprint density at radius 3 is 2.45 bits per heavy atom. The number of likely N-dealkylation sites (N-methyl/N-ethyl adjacent to an activating group) is 2. The Hall–Kier alpha value is -1.31. The molecule has 0 aliphatic carbocycles. The second kappa shape index (κ2) is 6.92. The molecule has 1 aliphatic heterocycles. The van der Waals surface area contributed by atoms with Crippen molar-refractivity contribution in [2.75, 3.05) is 26.7 Å². The highest BCUT2D eigenvalue weighted by atomic mass is 19.4. The van der Waals surface area contributed by atoms with Gasteiger partial charge in [-0.05, 0) is 19.8 Å². The monoisotopic (exact) mass is 295 g/mol. The first-order chi connectivity index (χ1) is 9.25. The minimum Gasteiger partial charge on any atom is -0.355 e. The molecule has 2 unspecified atom stereocenters. The maximum atomic E-state index is 12.5. The van der Waals surface area contributed by atoms with Crippen LogP contribution < -0.4 is 10.6 Å². The van der Waals surface area contributed by atoms with E-state index in [0.717, 1.165) is 0 Å². The lowest BCUT2D eigenvalue weighted by Gasteiger charge is -2.32. The third kappa shape index (κ3) is 4.66. The average Bonchev–Trinajstić information content (AvgIpc) is 2.37. The molecule has 20 heavy (non-hydrogen) atoms. The summed E-state index contributed by atoms with van der Waals surface area (Å²) >= 11 is 0. The van der Waals surface area contributed by atoms with E-state index in [4.69, 9.17) is 0 Å². The van der Waals surface area contributed by atoms with Crippen LogP contribution in [0.2, 0.25) is 0 Å². The van der Waals surface area contributed by atoms with Gasteiger partial charge >= 0.3 is 6.18 Å². The van der Waals surface area contributed by atoms with Crippen molar-refractivity contribution in [2.45, 2.75) is 32.0 Å². The van der Waals surface area contributed by atoms with E-state index in [9.17, 15) is 22.8 Å². The largest absolute Gasteiger partial charge is 0.393 e. The summed E-state index contributed by atoms with van der Waals surface area (Å²) in [5.74, 6) is -2.04. The summed E-state index contributed by atoms with van der Waals surface area (Å²) in [6.45, 7) is 1.89. The van der Waals surface area contributed by atoms with E-state index in [1.54, 1.807) is 6.92 Å². The van der Waals surface area contributed by atoms with E-state index in [1.807, 2.05) is 0 Å². The zero-order chi connectivity index (χ0) is 15.3. The van der Waals surface area contributed by atoms with Gasteiger partial charge in [0.25, 0.3) is 0 Å². The molecule has 1 fully saturated rings. The SMILES string of the molecule is CCNC(=O)CN(C)C(=O)C1CCC(C(F)(F)F)CN1. The first-order valence-corrected chi connectivity index (χ1v) is 6.57. The highest BCUT2D eigenvalue weighted by Crippen LogP contribution is 2.32. The molecular weight excluding hydrogens is 275 g/mol. The average molecular weight is 295 g/mol. The lowest BCUT2D eigenvalue weighted by atomic mass is 9.93. The molecule has 5 nitrogen and oxygen atoms in total. The highest BCUT2D eigenvalue weighted by molar-refractivity contribution is 5.87. The van der Waals surface area contributed by atoms with Crippen LogP contribution in [0.25, 0.3) is 0 Å². The summed E-state index contributed by atoms with van der Waals surface area (Å²) < 4.78 is 37.5. The number of carbonyl (C=O) groups excluding carboxylic acids is 2. The second-order valence-corrected chi connectivity index (χ2v) is 4.92. The van der Waals surface area contributed by atoms with E-state index >= 15 is 0 Å². The van der Waals surface area contributed by atoms with Crippen molar-refractivity contribution < 1.29 is 22.8 Å². The third-order valence-corrected chi connectivity index (χ3v) is 3.31. The molecule has 1 saturated heterocycles. The van der Waals surface area contributed by atoms with Crippen LogP contribution >= 0.6 is 0 Å². The fourth-order valence-corrected chi connectivity index (χ4v) is 2.16. The van der Waals surface area contributed by atoms with Crippen molar-refractivity contribution >= 4 is 11.8 Å². The molecule has 1 aliphatic rings. The van der Waals surface area contributed by atoms with Crippen LogP contribution in [0.15, 0.2) is 0 Å². The van der Waals surface area contributed by atoms with Crippen LogP contribution in [0, 0.1) is 5.92 Å². The maximum Gasteiger partial charge on any atom is 0.393 e. The molecule has 2 amide bonds. The van der Waals surface area contributed by atoms with Crippen LogP contribution in [0.4, 0.5) is 13.2 Å². The summed E-state index contributed by atoms with van der Waals surface area (Å²) in [6, 6.07) is -0.645. The number of piperidine rings is 1. The molecule has 8 heteroatoms. The molecule has 0 aromatic rings. The number of alkyl halides is 3. The van der Waals surface area contributed by atoms with Crippen molar-refractivity contribution in [3.05, 3.63) is 0 Å². The summed E-state index contributed by atoms with van der Waals surface area (Å²) in [5.41, 5.74) is 0. The van der Waals surface area contributed by atoms with E-state index in [0.29, 0.717) is 6.54 Å². The second-order valence-electron chi connectivity index (χ2n) is 4.92. The predicted molar refractivity (Wildman–Crippen MR) is 66.9 cm³/mol. The van der Waals surface area contributed by atoms with Gasteiger partial charge in [-0.25, -0.2) is 0 Å². The summed E-state index contributed by atoms with van der Waals surface area (Å²) in [4.78, 5) is 24.6. The molecule has 0 saturated carbocycles. The molecule has 2 N–H and O–H groups in total. The molecule has 0 bridgehead atoms. The predicted octanol–water partition coefficient (Wildman–Crippen LogP) is 0.511. The number of rotatable bonds is 4. The quantitative estimate of drug-likeness (QED) is 0.794. The molecule has 2 atom stereocenters. The minimum atomic E-state index is -4.23. The van der Waals surface area contributed by atoms with Gasteiger partial charge < -0.3 is 15.5 Å². The number of nitrogens with zero attached hydrogens (tertiary/aromatic N) is 1. The van der Waals surface area contributed by atoms with Crippen LogP contribution in [0.3, 0.4) is 0 Å². The number of nitrogens with one attached hydrogen (secondary N) is 2. The summed E-state index contributed by atoms with van der Waals surface area (Å²) in [7, 11) is 1.47. The van der Waals surface area contributed by atoms with Gasteiger partial charge in [-0.2, -0.15) is 13.2 Å². The Kier molecular flexibility index (Phi) is 5.79. The number of amides is 2. The van der Waals surface area contributed by atoms with Gasteiger partial charge in [-0.15, -0.1) is 0 Å². The molecule has 0 radical (unpaired) electrons. The molecule has 0 spiro atoms. The third-order valence-electron chi connectivity index (χ3n) is 3.31. The number of carbonyl (C=O) groups is 2. The van der Waals surface area contributed by atoms with Gasteiger partial charge in [-0.3, -0.25) is 9.59 Å². The number of hydrogen-bond donors (Lipinski definition) is 2. The smallest absolute Gasteiger partial charge is 0.355 e. The summed E-state index contributed by atoms with van der Waals surface area (Å²) in [5, 5.41) is 5.18. The Labute approximate surface area is 115 Å². The van der Waals surface area contributed by atoms with Crippen molar-refractivity contribution in [3.8, 4) is 0 Å². The van der Waals surface area contributed by atoms with E-state index < -0.39 is 18.1 Å².